The van der Waals surface area contributed by atoms with Crippen LogP contribution in [0.25, 0.3) is 6.08 Å². The number of carbonyl (C=O) groups excluding carboxylic acids is 2. The summed E-state index contributed by atoms with van der Waals surface area (Å²) in [7, 11) is 0. The topological polar surface area (TPSA) is 67.9 Å². The number of nitrogens with zero attached hydrogens (tertiary/aromatic N) is 1. The predicted octanol–water partition coefficient (Wildman–Crippen LogP) is 6.16. The van der Waals surface area contributed by atoms with Crippen LogP contribution < -0.4 is 19.7 Å². The highest BCUT2D eigenvalue weighted by Crippen LogP contribution is 2.38. The van der Waals surface area contributed by atoms with Crippen LogP contribution in [-0.2, 0) is 16.2 Å². The molecule has 1 saturated heterocycles. The molecule has 0 aromatic heterocycles. The van der Waals surface area contributed by atoms with Crippen molar-refractivity contribution in [2.75, 3.05) is 11.5 Å². The van der Waals surface area contributed by atoms with E-state index in [2.05, 4.69) is 37.2 Å². The van der Waals surface area contributed by atoms with Gasteiger partial charge in [0.05, 0.1) is 16.8 Å². The normalized spacial score (nSPS) is 14.7. The first-order valence-corrected chi connectivity index (χ1v) is 12.8. The van der Waals surface area contributed by atoms with Crippen molar-refractivity contribution < 1.29 is 23.5 Å². The first kappa shape index (κ1) is 26.0. The highest BCUT2D eigenvalue weighted by Gasteiger charge is 2.35. The lowest BCUT2D eigenvalue weighted by molar-refractivity contribution is -0.122. The minimum absolute atomic E-state index is 0.0497. The van der Waals surface area contributed by atoms with Gasteiger partial charge in [-0.25, -0.2) is 9.29 Å². The summed E-state index contributed by atoms with van der Waals surface area (Å²) in [4.78, 5) is 26.8. The first-order valence-electron chi connectivity index (χ1n) is 10.8. The molecule has 0 radical (unpaired) electrons. The third kappa shape index (κ3) is 5.66. The van der Waals surface area contributed by atoms with Gasteiger partial charge in [0.1, 0.15) is 18.0 Å². The van der Waals surface area contributed by atoms with E-state index in [4.69, 9.17) is 21.7 Å². The fourth-order valence-corrected chi connectivity index (χ4v) is 4.60. The van der Waals surface area contributed by atoms with Gasteiger partial charge in [-0.2, -0.15) is 0 Å². The van der Waals surface area contributed by atoms with Crippen molar-refractivity contribution in [1.29, 1.82) is 0 Å². The summed E-state index contributed by atoms with van der Waals surface area (Å²) in [5, 5.41) is 2.26. The molecule has 0 atom stereocenters. The predicted molar refractivity (Wildman–Crippen MR) is 146 cm³/mol. The molecule has 3 aromatic rings. The van der Waals surface area contributed by atoms with Crippen LogP contribution in [0.1, 0.15) is 18.1 Å². The van der Waals surface area contributed by atoms with Gasteiger partial charge < -0.3 is 9.47 Å². The minimum Gasteiger partial charge on any atom is -0.490 e. The number of anilines is 1. The molecule has 1 heterocycles. The number of hydrogen-bond acceptors (Lipinski definition) is 5. The van der Waals surface area contributed by atoms with Crippen molar-refractivity contribution in [3.05, 3.63) is 92.1 Å². The molecule has 0 spiro atoms. The molecule has 184 valence electrons. The molecule has 1 aliphatic heterocycles. The van der Waals surface area contributed by atoms with Crippen LogP contribution in [0.15, 0.2) is 75.2 Å². The van der Waals surface area contributed by atoms with Crippen LogP contribution >= 0.6 is 44.1 Å². The molecule has 1 fully saturated rings. The second-order valence-corrected chi connectivity index (χ2v) is 9.74. The lowest BCUT2D eigenvalue weighted by Gasteiger charge is -2.29. The maximum atomic E-state index is 14.4. The Morgan fingerprint density at radius 3 is 2.47 bits per heavy atom. The Labute approximate surface area is 229 Å². The third-order valence-electron chi connectivity index (χ3n) is 5.13. The largest absolute Gasteiger partial charge is 0.490 e. The monoisotopic (exact) mass is 632 g/mol. The second kappa shape index (κ2) is 11.3. The molecule has 3 aromatic carbocycles. The molecular formula is C26H19Br2FN2O4S. The van der Waals surface area contributed by atoms with Crippen molar-refractivity contribution in [1.82, 2.24) is 5.32 Å². The van der Waals surface area contributed by atoms with E-state index in [1.54, 1.807) is 18.2 Å². The van der Waals surface area contributed by atoms with E-state index < -0.39 is 17.6 Å². The summed E-state index contributed by atoms with van der Waals surface area (Å²) in [5.74, 6) is -1.14. The number of amides is 2. The van der Waals surface area contributed by atoms with E-state index >= 15 is 0 Å². The molecule has 0 bridgehead atoms. The van der Waals surface area contributed by atoms with Crippen LogP contribution in [0.5, 0.6) is 11.5 Å². The van der Waals surface area contributed by atoms with Crippen LogP contribution in [-0.4, -0.2) is 23.5 Å². The summed E-state index contributed by atoms with van der Waals surface area (Å²) in [6.07, 6.45) is 1.40. The van der Waals surface area contributed by atoms with Crippen LogP contribution in [0.4, 0.5) is 10.1 Å². The number of rotatable bonds is 7. The fraction of sp³-hybridized carbons (Fsp3) is 0.115. The number of ether oxygens (including phenoxy) is 2. The van der Waals surface area contributed by atoms with E-state index in [1.165, 1.54) is 24.3 Å². The fourth-order valence-electron chi connectivity index (χ4n) is 3.49. The van der Waals surface area contributed by atoms with Gasteiger partial charge in [0.2, 0.25) is 0 Å². The van der Waals surface area contributed by atoms with Gasteiger partial charge in [-0.05, 0) is 88.7 Å². The zero-order valence-electron chi connectivity index (χ0n) is 18.9. The number of hydrogen-bond donors (Lipinski definition) is 1. The van der Waals surface area contributed by atoms with Gasteiger partial charge >= 0.3 is 0 Å². The second-order valence-electron chi connectivity index (χ2n) is 7.59. The molecule has 0 saturated carbocycles. The molecule has 4 rings (SSSR count). The molecule has 10 heteroatoms. The maximum absolute atomic E-state index is 14.4. The van der Waals surface area contributed by atoms with E-state index in [0.717, 1.165) is 14.9 Å². The molecule has 0 unspecified atom stereocenters. The van der Waals surface area contributed by atoms with Crippen LogP contribution in [0.3, 0.4) is 0 Å². The van der Waals surface area contributed by atoms with E-state index in [0.29, 0.717) is 34.7 Å². The Morgan fingerprint density at radius 1 is 1.06 bits per heavy atom. The van der Waals surface area contributed by atoms with Gasteiger partial charge in [-0.15, -0.1) is 0 Å². The van der Waals surface area contributed by atoms with Crippen molar-refractivity contribution >= 4 is 72.8 Å². The highest BCUT2D eigenvalue weighted by molar-refractivity contribution is 9.10. The van der Waals surface area contributed by atoms with E-state index in [1.807, 2.05) is 31.2 Å². The standard InChI is InChI=1S/C26H19Br2FN2O4S/c1-2-34-22-13-16(12-19(28)23(22)35-14-15-7-9-17(27)10-8-15)11-18-24(32)30-26(36)31(25(18)33)21-6-4-3-5-20(21)29/h3-13H,2,14H2,1H3,(H,30,32,36)/b18-11+. The molecule has 1 N–H and O–H groups in total. The van der Waals surface area contributed by atoms with Gasteiger partial charge in [-0.3, -0.25) is 14.9 Å². The first-order chi connectivity index (χ1) is 17.3. The van der Waals surface area contributed by atoms with E-state index in [-0.39, 0.29) is 16.4 Å². The zero-order valence-corrected chi connectivity index (χ0v) is 22.9. The Bertz CT molecular complexity index is 1380. The quantitative estimate of drug-likeness (QED) is 0.192. The molecule has 2 amide bonds. The SMILES string of the molecule is CCOc1cc(/C=C2\C(=O)NC(=S)N(c3ccccc3F)C2=O)cc(Br)c1OCc1ccc(Br)cc1. The Hall–Kier alpha value is -3.08. The van der Waals surface area contributed by atoms with E-state index in [9.17, 15) is 14.0 Å². The molecule has 1 aliphatic rings. The number of thiocarbonyl (C=S) groups is 1. The van der Waals surface area contributed by atoms with Gasteiger partial charge in [0.15, 0.2) is 16.6 Å². The molecular weight excluding hydrogens is 615 g/mol. The molecule has 6 nitrogen and oxygen atoms in total. The number of para-hydroxylation sites is 1. The van der Waals surface area contributed by atoms with Crippen molar-refractivity contribution in [2.45, 2.75) is 13.5 Å². The van der Waals surface area contributed by atoms with Crippen LogP contribution in [0, 0.1) is 5.82 Å². The average Bonchev–Trinajstić information content (AvgIpc) is 2.83. The lowest BCUT2D eigenvalue weighted by Crippen LogP contribution is -2.54. The van der Waals surface area contributed by atoms with Gasteiger partial charge in [0, 0.05) is 4.47 Å². The minimum atomic E-state index is -0.738. The van der Waals surface area contributed by atoms with Crippen molar-refractivity contribution in [3.63, 3.8) is 0 Å². The van der Waals surface area contributed by atoms with Crippen LogP contribution in [0.2, 0.25) is 0 Å². The smallest absolute Gasteiger partial charge is 0.270 e. The Morgan fingerprint density at radius 2 is 1.78 bits per heavy atom. The average molecular weight is 634 g/mol. The summed E-state index contributed by atoms with van der Waals surface area (Å²) in [5.41, 5.74) is 1.21. The third-order valence-corrected chi connectivity index (χ3v) is 6.54. The van der Waals surface area contributed by atoms with Crippen molar-refractivity contribution in [3.8, 4) is 11.5 Å². The van der Waals surface area contributed by atoms with Gasteiger partial charge in [-0.1, -0.05) is 40.2 Å². The Balaban J connectivity index is 1.66. The number of carbonyl (C=O) groups is 2. The summed E-state index contributed by atoms with van der Waals surface area (Å²) in [6, 6.07) is 16.8. The maximum Gasteiger partial charge on any atom is 0.270 e. The summed E-state index contributed by atoms with van der Waals surface area (Å²) in [6.45, 7) is 2.51. The number of benzene rings is 3. The molecule has 36 heavy (non-hydrogen) atoms. The summed E-state index contributed by atoms with van der Waals surface area (Å²) < 4.78 is 27.7. The highest BCUT2D eigenvalue weighted by atomic mass is 79.9. The van der Waals surface area contributed by atoms with Gasteiger partial charge in [0.25, 0.3) is 11.8 Å². The van der Waals surface area contributed by atoms with Crippen molar-refractivity contribution in [2.24, 2.45) is 0 Å². The number of halogens is 3. The Kier molecular flexibility index (Phi) is 8.17. The lowest BCUT2D eigenvalue weighted by atomic mass is 10.1. The summed E-state index contributed by atoms with van der Waals surface area (Å²) >= 11 is 12.1. The zero-order chi connectivity index (χ0) is 25.8. The number of nitrogens with one attached hydrogen (secondary N) is 1. The molecule has 0 aliphatic carbocycles.